The van der Waals surface area contributed by atoms with Gasteiger partial charge in [0.05, 0.1) is 6.20 Å². The number of hydrogen-bond acceptors (Lipinski definition) is 3. The molecular weight excluding hydrogens is 339 g/mol. The Bertz CT molecular complexity index is 1040. The Morgan fingerprint density at radius 2 is 1.74 bits per heavy atom. The SMILES string of the molecule is CCN(Cc1cnc2c(-c3ccccc3)cnn2c1)Cc1ccccc1F. The Labute approximate surface area is 157 Å². The average molecular weight is 360 g/mol. The van der Waals surface area contributed by atoms with Crippen LogP contribution in [-0.4, -0.2) is 26.0 Å². The number of aromatic nitrogens is 3. The van der Waals surface area contributed by atoms with Crippen molar-refractivity contribution in [3.05, 3.63) is 90.1 Å². The first-order valence-corrected chi connectivity index (χ1v) is 9.08. The van der Waals surface area contributed by atoms with Gasteiger partial charge in [0.15, 0.2) is 5.65 Å². The fraction of sp³-hybridized carbons (Fsp3) is 0.182. The van der Waals surface area contributed by atoms with Gasteiger partial charge in [0.25, 0.3) is 0 Å². The predicted molar refractivity (Wildman–Crippen MR) is 105 cm³/mol. The van der Waals surface area contributed by atoms with Gasteiger partial charge in [-0.3, -0.25) is 4.90 Å². The Morgan fingerprint density at radius 1 is 0.963 bits per heavy atom. The Hall–Kier alpha value is -3.05. The maximum absolute atomic E-state index is 13.9. The minimum absolute atomic E-state index is 0.163. The summed E-state index contributed by atoms with van der Waals surface area (Å²) in [4.78, 5) is 6.81. The van der Waals surface area contributed by atoms with Gasteiger partial charge < -0.3 is 0 Å². The highest BCUT2D eigenvalue weighted by Crippen LogP contribution is 2.23. The zero-order chi connectivity index (χ0) is 18.6. The summed E-state index contributed by atoms with van der Waals surface area (Å²) in [6.07, 6.45) is 5.73. The van der Waals surface area contributed by atoms with Gasteiger partial charge in [-0.05, 0) is 18.2 Å². The Kier molecular flexibility index (Phi) is 4.94. The maximum atomic E-state index is 13.9. The van der Waals surface area contributed by atoms with E-state index in [0.29, 0.717) is 18.7 Å². The summed E-state index contributed by atoms with van der Waals surface area (Å²) in [5.41, 5.74) is 4.70. The smallest absolute Gasteiger partial charge is 0.162 e. The van der Waals surface area contributed by atoms with Gasteiger partial charge in [-0.1, -0.05) is 55.5 Å². The molecule has 0 aliphatic rings. The van der Waals surface area contributed by atoms with Crippen LogP contribution in [0.2, 0.25) is 0 Å². The van der Waals surface area contributed by atoms with Crippen LogP contribution < -0.4 is 0 Å². The summed E-state index contributed by atoms with van der Waals surface area (Å²) in [5.74, 6) is -0.163. The van der Waals surface area contributed by atoms with Crippen molar-refractivity contribution in [2.45, 2.75) is 20.0 Å². The van der Waals surface area contributed by atoms with E-state index in [1.807, 2.05) is 53.4 Å². The van der Waals surface area contributed by atoms with Crippen LogP contribution in [0.4, 0.5) is 4.39 Å². The van der Waals surface area contributed by atoms with Crippen molar-refractivity contribution in [3.63, 3.8) is 0 Å². The Morgan fingerprint density at radius 3 is 2.52 bits per heavy atom. The molecule has 0 aliphatic heterocycles. The van der Waals surface area contributed by atoms with E-state index in [1.165, 1.54) is 6.07 Å². The van der Waals surface area contributed by atoms with E-state index in [4.69, 9.17) is 0 Å². The lowest BCUT2D eigenvalue weighted by Crippen LogP contribution is -2.23. The first kappa shape index (κ1) is 17.4. The third-order valence-corrected chi connectivity index (χ3v) is 4.70. The fourth-order valence-electron chi connectivity index (χ4n) is 3.22. The number of halogens is 1. The molecule has 0 amide bonds. The van der Waals surface area contributed by atoms with Crippen LogP contribution in [-0.2, 0) is 13.1 Å². The van der Waals surface area contributed by atoms with E-state index >= 15 is 0 Å². The first-order valence-electron chi connectivity index (χ1n) is 9.08. The summed E-state index contributed by atoms with van der Waals surface area (Å²) < 4.78 is 15.8. The van der Waals surface area contributed by atoms with E-state index in [0.717, 1.165) is 28.9 Å². The van der Waals surface area contributed by atoms with Gasteiger partial charge >= 0.3 is 0 Å². The molecule has 0 fully saturated rings. The second kappa shape index (κ2) is 7.68. The van der Waals surface area contributed by atoms with Crippen molar-refractivity contribution in [2.75, 3.05) is 6.54 Å². The van der Waals surface area contributed by atoms with Crippen LogP contribution in [0.3, 0.4) is 0 Å². The molecule has 0 bridgehead atoms. The van der Waals surface area contributed by atoms with Gasteiger partial charge in [-0.2, -0.15) is 5.10 Å². The lowest BCUT2D eigenvalue weighted by atomic mass is 10.1. The molecule has 5 heteroatoms. The lowest BCUT2D eigenvalue weighted by Gasteiger charge is -2.20. The molecule has 0 atom stereocenters. The standard InChI is InChI=1S/C22H21FN4/c1-2-26(16-19-10-6-7-11-21(19)23)14-17-12-24-22-20(13-25-27(22)15-17)18-8-4-3-5-9-18/h3-13,15H,2,14,16H2,1H3. The van der Waals surface area contributed by atoms with Crippen molar-refractivity contribution in [2.24, 2.45) is 0 Å². The molecule has 0 N–H and O–H groups in total. The summed E-state index contributed by atoms with van der Waals surface area (Å²) in [6.45, 7) is 4.15. The minimum atomic E-state index is -0.163. The fourth-order valence-corrected chi connectivity index (χ4v) is 3.22. The number of rotatable bonds is 6. The van der Waals surface area contributed by atoms with E-state index in [9.17, 15) is 4.39 Å². The molecule has 4 aromatic rings. The molecule has 4 rings (SSSR count). The Balaban J connectivity index is 1.56. The maximum Gasteiger partial charge on any atom is 0.162 e. The van der Waals surface area contributed by atoms with Gasteiger partial charge in [-0.15, -0.1) is 0 Å². The topological polar surface area (TPSA) is 33.4 Å². The molecule has 0 aliphatic carbocycles. The zero-order valence-corrected chi connectivity index (χ0v) is 15.2. The van der Waals surface area contributed by atoms with Gasteiger partial charge in [0.1, 0.15) is 5.82 Å². The molecule has 0 unspecified atom stereocenters. The number of hydrogen-bond donors (Lipinski definition) is 0. The zero-order valence-electron chi connectivity index (χ0n) is 15.2. The monoisotopic (exact) mass is 360 g/mol. The summed E-state index contributed by atoms with van der Waals surface area (Å²) in [6, 6.07) is 17.0. The largest absolute Gasteiger partial charge is 0.295 e. The quantitative estimate of drug-likeness (QED) is 0.505. The molecule has 0 saturated carbocycles. The molecule has 0 radical (unpaired) electrons. The van der Waals surface area contributed by atoms with E-state index in [2.05, 4.69) is 34.0 Å². The lowest BCUT2D eigenvalue weighted by molar-refractivity contribution is 0.266. The van der Waals surface area contributed by atoms with Gasteiger partial charge in [0, 0.05) is 42.2 Å². The van der Waals surface area contributed by atoms with Crippen LogP contribution in [0.15, 0.2) is 73.2 Å². The molecule has 4 nitrogen and oxygen atoms in total. The summed E-state index contributed by atoms with van der Waals surface area (Å²) in [5, 5.41) is 4.46. The number of fused-ring (bicyclic) bond motifs is 1. The van der Waals surface area contributed by atoms with Crippen molar-refractivity contribution in [1.29, 1.82) is 0 Å². The van der Waals surface area contributed by atoms with E-state index in [-0.39, 0.29) is 5.82 Å². The van der Waals surface area contributed by atoms with Crippen molar-refractivity contribution in [3.8, 4) is 11.1 Å². The van der Waals surface area contributed by atoms with Gasteiger partial charge in [-0.25, -0.2) is 13.9 Å². The normalized spacial score (nSPS) is 11.4. The summed E-state index contributed by atoms with van der Waals surface area (Å²) in [7, 11) is 0. The summed E-state index contributed by atoms with van der Waals surface area (Å²) >= 11 is 0. The average Bonchev–Trinajstić information content (AvgIpc) is 3.13. The van der Waals surface area contributed by atoms with E-state index < -0.39 is 0 Å². The molecule has 27 heavy (non-hydrogen) atoms. The molecule has 2 heterocycles. The van der Waals surface area contributed by atoms with Crippen molar-refractivity contribution >= 4 is 5.65 Å². The highest BCUT2D eigenvalue weighted by molar-refractivity contribution is 5.76. The highest BCUT2D eigenvalue weighted by atomic mass is 19.1. The van der Waals surface area contributed by atoms with Crippen LogP contribution >= 0.6 is 0 Å². The van der Waals surface area contributed by atoms with E-state index in [1.54, 1.807) is 6.07 Å². The third kappa shape index (κ3) is 3.73. The van der Waals surface area contributed by atoms with Crippen LogP contribution in [0, 0.1) is 5.82 Å². The molecule has 136 valence electrons. The highest BCUT2D eigenvalue weighted by Gasteiger charge is 2.11. The number of benzene rings is 2. The first-order chi connectivity index (χ1) is 13.2. The van der Waals surface area contributed by atoms with Crippen LogP contribution in [0.5, 0.6) is 0 Å². The van der Waals surface area contributed by atoms with Gasteiger partial charge in [0.2, 0.25) is 0 Å². The second-order valence-corrected chi connectivity index (χ2v) is 6.55. The van der Waals surface area contributed by atoms with Crippen molar-refractivity contribution < 1.29 is 4.39 Å². The molecule has 2 aromatic heterocycles. The molecular formula is C22H21FN4. The molecule has 0 saturated heterocycles. The second-order valence-electron chi connectivity index (χ2n) is 6.55. The predicted octanol–water partition coefficient (Wildman–Crippen LogP) is 4.56. The minimum Gasteiger partial charge on any atom is -0.295 e. The van der Waals surface area contributed by atoms with Crippen molar-refractivity contribution in [1.82, 2.24) is 19.5 Å². The third-order valence-electron chi connectivity index (χ3n) is 4.70. The van der Waals surface area contributed by atoms with Crippen LogP contribution in [0.25, 0.3) is 16.8 Å². The molecule has 2 aromatic carbocycles. The number of nitrogens with zero attached hydrogens (tertiary/aromatic N) is 4. The molecule has 0 spiro atoms. The van der Waals surface area contributed by atoms with Crippen LogP contribution in [0.1, 0.15) is 18.1 Å².